The Labute approximate surface area is 129 Å². The molecular weight excluding hydrogens is 254 g/mol. The van der Waals surface area contributed by atoms with Crippen molar-refractivity contribution in [3.05, 3.63) is 35.4 Å². The molecule has 0 saturated heterocycles. The third-order valence-corrected chi connectivity index (χ3v) is 6.78. The molecule has 1 nitrogen and oxygen atoms in total. The van der Waals surface area contributed by atoms with Crippen LogP contribution in [0.15, 0.2) is 24.3 Å². The summed E-state index contributed by atoms with van der Waals surface area (Å²) in [6, 6.07) is 9.96. The molecule has 0 heterocycles. The topological polar surface area (TPSA) is 12.0 Å². The summed E-state index contributed by atoms with van der Waals surface area (Å²) >= 11 is 0. The van der Waals surface area contributed by atoms with E-state index in [4.69, 9.17) is 0 Å². The molecule has 114 valence electrons. The average Bonchev–Trinajstić information content (AvgIpc) is 3.18. The quantitative estimate of drug-likeness (QED) is 0.831. The molecule has 0 radical (unpaired) electrons. The smallest absolute Gasteiger partial charge is 0.0208 e. The van der Waals surface area contributed by atoms with E-state index in [1.54, 1.807) is 5.56 Å². The van der Waals surface area contributed by atoms with E-state index in [-0.39, 0.29) is 0 Å². The van der Waals surface area contributed by atoms with E-state index in [0.29, 0.717) is 16.9 Å². The standard InChI is InChI=1S/C20H29N/c1-19(2)17-9-10-20(3,12-17)18(19)21-13-14-5-4-6-16(11-14)15-7-8-15/h4-6,11,15,17-18,21H,7-10,12-13H2,1-3H3. The van der Waals surface area contributed by atoms with Crippen molar-refractivity contribution in [2.24, 2.45) is 16.7 Å². The van der Waals surface area contributed by atoms with Gasteiger partial charge in [-0.25, -0.2) is 0 Å². The Morgan fingerprint density at radius 2 is 1.95 bits per heavy atom. The van der Waals surface area contributed by atoms with E-state index in [1.165, 1.54) is 37.7 Å². The van der Waals surface area contributed by atoms with Crippen LogP contribution in [0.25, 0.3) is 0 Å². The fourth-order valence-electron chi connectivity index (χ4n) is 5.41. The van der Waals surface area contributed by atoms with Crippen molar-refractivity contribution >= 4 is 0 Å². The minimum absolute atomic E-state index is 0.459. The molecule has 1 aromatic rings. The van der Waals surface area contributed by atoms with Crippen molar-refractivity contribution in [1.82, 2.24) is 5.32 Å². The highest BCUT2D eigenvalue weighted by molar-refractivity contribution is 5.29. The van der Waals surface area contributed by atoms with Gasteiger partial charge in [-0.2, -0.15) is 0 Å². The number of hydrogen-bond donors (Lipinski definition) is 1. The third kappa shape index (κ3) is 2.25. The maximum atomic E-state index is 3.95. The fraction of sp³-hybridized carbons (Fsp3) is 0.700. The molecule has 0 spiro atoms. The van der Waals surface area contributed by atoms with Crippen LogP contribution in [0.5, 0.6) is 0 Å². The molecule has 1 aromatic carbocycles. The summed E-state index contributed by atoms with van der Waals surface area (Å²) < 4.78 is 0. The van der Waals surface area contributed by atoms with Crippen LogP contribution < -0.4 is 5.32 Å². The second-order valence-electron chi connectivity index (χ2n) is 8.75. The molecule has 3 atom stereocenters. The lowest BCUT2D eigenvalue weighted by molar-refractivity contribution is 0.108. The summed E-state index contributed by atoms with van der Waals surface area (Å²) in [4.78, 5) is 0. The van der Waals surface area contributed by atoms with E-state index in [1.807, 2.05) is 0 Å². The first-order chi connectivity index (χ1) is 9.99. The van der Waals surface area contributed by atoms with Gasteiger partial charge in [-0.15, -0.1) is 0 Å². The molecular formula is C20H29N. The summed E-state index contributed by atoms with van der Waals surface area (Å²) in [6.07, 6.45) is 7.08. The molecule has 3 saturated carbocycles. The van der Waals surface area contributed by atoms with Crippen LogP contribution in [0.1, 0.15) is 69.9 Å². The fourth-order valence-corrected chi connectivity index (χ4v) is 5.41. The van der Waals surface area contributed by atoms with Crippen LogP contribution in [0, 0.1) is 16.7 Å². The molecule has 3 unspecified atom stereocenters. The lowest BCUT2D eigenvalue weighted by Crippen LogP contribution is -2.49. The third-order valence-electron chi connectivity index (χ3n) is 6.78. The molecule has 1 heteroatoms. The van der Waals surface area contributed by atoms with Crippen molar-refractivity contribution in [1.29, 1.82) is 0 Å². The molecule has 21 heavy (non-hydrogen) atoms. The van der Waals surface area contributed by atoms with Gasteiger partial charge in [0.05, 0.1) is 0 Å². The van der Waals surface area contributed by atoms with Gasteiger partial charge in [0.2, 0.25) is 0 Å². The van der Waals surface area contributed by atoms with Crippen LogP contribution in [0.2, 0.25) is 0 Å². The number of nitrogens with one attached hydrogen (secondary N) is 1. The van der Waals surface area contributed by atoms with E-state index < -0.39 is 0 Å². The zero-order chi connectivity index (χ0) is 14.7. The summed E-state index contributed by atoms with van der Waals surface area (Å²) in [6.45, 7) is 8.53. The van der Waals surface area contributed by atoms with E-state index >= 15 is 0 Å². The van der Waals surface area contributed by atoms with E-state index in [2.05, 4.69) is 50.4 Å². The first-order valence-corrected chi connectivity index (χ1v) is 8.81. The van der Waals surface area contributed by atoms with Crippen LogP contribution in [0.4, 0.5) is 0 Å². The number of benzene rings is 1. The predicted molar refractivity (Wildman–Crippen MR) is 88.3 cm³/mol. The molecule has 0 amide bonds. The van der Waals surface area contributed by atoms with Gasteiger partial charge in [0.25, 0.3) is 0 Å². The van der Waals surface area contributed by atoms with Crippen molar-refractivity contribution in [2.45, 2.75) is 71.4 Å². The van der Waals surface area contributed by atoms with Gasteiger partial charge >= 0.3 is 0 Å². The lowest BCUT2D eigenvalue weighted by atomic mass is 9.68. The minimum Gasteiger partial charge on any atom is -0.309 e. The lowest BCUT2D eigenvalue weighted by Gasteiger charge is -2.43. The normalized spacial score (nSPS) is 37.1. The van der Waals surface area contributed by atoms with Gasteiger partial charge in [0.15, 0.2) is 0 Å². The number of hydrogen-bond acceptors (Lipinski definition) is 1. The second-order valence-corrected chi connectivity index (χ2v) is 8.75. The van der Waals surface area contributed by atoms with Gasteiger partial charge < -0.3 is 5.32 Å². The zero-order valence-electron chi connectivity index (χ0n) is 13.8. The van der Waals surface area contributed by atoms with E-state index in [0.717, 1.165) is 18.4 Å². The molecule has 4 rings (SSSR count). The van der Waals surface area contributed by atoms with Gasteiger partial charge in [0.1, 0.15) is 0 Å². The Hall–Kier alpha value is -0.820. The van der Waals surface area contributed by atoms with Crippen LogP contribution in [0.3, 0.4) is 0 Å². The average molecular weight is 283 g/mol. The molecule has 0 aromatic heterocycles. The largest absolute Gasteiger partial charge is 0.309 e. The zero-order valence-corrected chi connectivity index (χ0v) is 13.8. The maximum absolute atomic E-state index is 3.95. The Morgan fingerprint density at radius 3 is 2.62 bits per heavy atom. The Kier molecular flexibility index (Phi) is 3.02. The summed E-state index contributed by atoms with van der Waals surface area (Å²) in [5.74, 6) is 1.79. The predicted octanol–water partition coefficient (Wildman–Crippen LogP) is 4.87. The SMILES string of the molecule is CC12CCC(C1)C(C)(C)C2NCc1cccc(C2CC2)c1. The monoisotopic (exact) mass is 283 g/mol. The van der Waals surface area contributed by atoms with Crippen molar-refractivity contribution in [3.63, 3.8) is 0 Å². The van der Waals surface area contributed by atoms with Crippen LogP contribution in [-0.2, 0) is 6.54 Å². The molecule has 1 N–H and O–H groups in total. The first kappa shape index (κ1) is 13.8. The molecule has 2 bridgehead atoms. The van der Waals surface area contributed by atoms with Gasteiger partial charge in [-0.1, -0.05) is 45.0 Å². The Morgan fingerprint density at radius 1 is 1.14 bits per heavy atom. The highest BCUT2D eigenvalue weighted by Gasteiger charge is 2.58. The van der Waals surface area contributed by atoms with Crippen LogP contribution >= 0.6 is 0 Å². The van der Waals surface area contributed by atoms with Gasteiger partial charge in [-0.05, 0) is 65.9 Å². The molecule has 0 aliphatic heterocycles. The minimum atomic E-state index is 0.459. The van der Waals surface area contributed by atoms with Gasteiger partial charge in [-0.3, -0.25) is 0 Å². The van der Waals surface area contributed by atoms with Crippen molar-refractivity contribution < 1.29 is 0 Å². The van der Waals surface area contributed by atoms with E-state index in [9.17, 15) is 0 Å². The second kappa shape index (κ2) is 4.59. The van der Waals surface area contributed by atoms with Crippen molar-refractivity contribution in [3.8, 4) is 0 Å². The van der Waals surface area contributed by atoms with Crippen LogP contribution in [-0.4, -0.2) is 6.04 Å². The number of rotatable bonds is 4. The molecule has 3 aliphatic rings. The number of fused-ring (bicyclic) bond motifs is 2. The molecule has 3 aliphatic carbocycles. The summed E-state index contributed by atoms with van der Waals surface area (Å²) in [7, 11) is 0. The van der Waals surface area contributed by atoms with Gasteiger partial charge in [0, 0.05) is 12.6 Å². The Balaban J connectivity index is 1.48. The highest BCUT2D eigenvalue weighted by atomic mass is 15.0. The van der Waals surface area contributed by atoms with Crippen molar-refractivity contribution in [2.75, 3.05) is 0 Å². The first-order valence-electron chi connectivity index (χ1n) is 8.81. The summed E-state index contributed by atoms with van der Waals surface area (Å²) in [5.41, 5.74) is 4.03. The Bertz CT molecular complexity index is 538. The maximum Gasteiger partial charge on any atom is 0.0208 e. The highest BCUT2D eigenvalue weighted by Crippen LogP contribution is 2.62. The molecule has 3 fully saturated rings. The summed E-state index contributed by atoms with van der Waals surface area (Å²) in [5, 5.41) is 3.95.